The quantitative estimate of drug-likeness (QED) is 0.785. The van der Waals surface area contributed by atoms with Gasteiger partial charge in [-0.15, -0.1) is 0 Å². The molecule has 1 aromatic carbocycles. The molecule has 2 nitrogen and oxygen atoms in total. The molecule has 0 aromatic heterocycles. The maximum absolute atomic E-state index is 12.4. The molecule has 0 spiro atoms. The van der Waals surface area contributed by atoms with E-state index >= 15 is 0 Å². The fourth-order valence-electron chi connectivity index (χ4n) is 1.44. The van der Waals surface area contributed by atoms with Gasteiger partial charge in [-0.3, -0.25) is 0 Å². The molecule has 0 bridgehead atoms. The molecule has 1 rings (SSSR count). The second kappa shape index (κ2) is 6.55. The highest BCUT2D eigenvalue weighted by molar-refractivity contribution is 5.24. The predicted octanol–water partition coefficient (Wildman–Crippen LogP) is 2.48. The number of halogens is 2. The van der Waals surface area contributed by atoms with Crippen LogP contribution in [0.3, 0.4) is 0 Å². The minimum atomic E-state index is -2.43. The molecule has 0 aliphatic rings. The van der Waals surface area contributed by atoms with Crippen LogP contribution in [0.1, 0.15) is 30.9 Å². The van der Waals surface area contributed by atoms with E-state index in [1.807, 2.05) is 6.92 Å². The largest absolute Gasteiger partial charge is 0.395 e. The van der Waals surface area contributed by atoms with Crippen LogP contribution in [0.15, 0.2) is 24.3 Å². The van der Waals surface area contributed by atoms with E-state index in [0.717, 1.165) is 12.0 Å². The van der Waals surface area contributed by atoms with Crippen molar-refractivity contribution in [3.05, 3.63) is 35.4 Å². The van der Waals surface area contributed by atoms with E-state index in [4.69, 9.17) is 5.11 Å². The summed E-state index contributed by atoms with van der Waals surface area (Å²) in [4.78, 5) is 0. The monoisotopic (exact) mass is 229 g/mol. The highest BCUT2D eigenvalue weighted by atomic mass is 19.3. The zero-order valence-electron chi connectivity index (χ0n) is 9.29. The maximum Gasteiger partial charge on any atom is 0.263 e. The summed E-state index contributed by atoms with van der Waals surface area (Å²) < 4.78 is 24.8. The number of nitrogens with one attached hydrogen (secondary N) is 1. The lowest BCUT2D eigenvalue weighted by molar-refractivity contribution is 0.151. The summed E-state index contributed by atoms with van der Waals surface area (Å²) in [6.07, 6.45) is -1.62. The number of benzene rings is 1. The first-order valence-electron chi connectivity index (χ1n) is 5.38. The Morgan fingerprint density at radius 2 is 2.12 bits per heavy atom. The normalized spacial score (nSPS) is 13.1. The third-order valence-corrected chi connectivity index (χ3v) is 2.51. The van der Waals surface area contributed by atoms with Crippen LogP contribution < -0.4 is 5.32 Å². The first kappa shape index (κ1) is 13.1. The molecule has 0 unspecified atom stereocenters. The summed E-state index contributed by atoms with van der Waals surface area (Å²) in [6.45, 7) is 2.52. The van der Waals surface area contributed by atoms with Crippen molar-refractivity contribution >= 4 is 0 Å². The molecule has 1 atom stereocenters. The number of aliphatic hydroxyl groups excluding tert-OH is 1. The van der Waals surface area contributed by atoms with Crippen LogP contribution in [0, 0.1) is 0 Å². The van der Waals surface area contributed by atoms with Gasteiger partial charge in [0.25, 0.3) is 6.43 Å². The van der Waals surface area contributed by atoms with Crippen molar-refractivity contribution in [2.75, 3.05) is 6.61 Å². The van der Waals surface area contributed by atoms with Crippen molar-refractivity contribution in [2.45, 2.75) is 32.4 Å². The Labute approximate surface area is 94.3 Å². The van der Waals surface area contributed by atoms with E-state index < -0.39 is 6.43 Å². The molecule has 0 saturated heterocycles. The highest BCUT2D eigenvalue weighted by Gasteiger charge is 2.08. The maximum atomic E-state index is 12.4. The summed E-state index contributed by atoms with van der Waals surface area (Å²) in [6, 6.07) is 6.34. The highest BCUT2D eigenvalue weighted by Crippen LogP contribution is 2.19. The van der Waals surface area contributed by atoms with Gasteiger partial charge in [-0.1, -0.05) is 25.1 Å². The topological polar surface area (TPSA) is 32.3 Å². The number of rotatable bonds is 6. The van der Waals surface area contributed by atoms with Gasteiger partial charge in [0.15, 0.2) is 0 Å². The molecule has 4 heteroatoms. The molecular weight excluding hydrogens is 212 g/mol. The molecule has 0 fully saturated rings. The van der Waals surface area contributed by atoms with E-state index in [0.29, 0.717) is 6.54 Å². The molecule has 0 amide bonds. The van der Waals surface area contributed by atoms with Crippen LogP contribution in [-0.4, -0.2) is 17.8 Å². The fraction of sp³-hybridized carbons (Fsp3) is 0.500. The first-order chi connectivity index (χ1) is 7.67. The average molecular weight is 229 g/mol. The van der Waals surface area contributed by atoms with Crippen LogP contribution >= 0.6 is 0 Å². The summed E-state index contributed by atoms with van der Waals surface area (Å²) in [5, 5.41) is 12.1. The molecule has 0 aliphatic carbocycles. The van der Waals surface area contributed by atoms with Crippen LogP contribution in [0.4, 0.5) is 8.78 Å². The van der Waals surface area contributed by atoms with E-state index in [-0.39, 0.29) is 18.2 Å². The van der Waals surface area contributed by atoms with E-state index in [9.17, 15) is 8.78 Å². The lowest BCUT2D eigenvalue weighted by atomic mass is 10.1. The summed E-state index contributed by atoms with van der Waals surface area (Å²) in [7, 11) is 0. The third-order valence-electron chi connectivity index (χ3n) is 2.51. The molecule has 16 heavy (non-hydrogen) atoms. The van der Waals surface area contributed by atoms with Gasteiger partial charge >= 0.3 is 0 Å². The van der Waals surface area contributed by atoms with Gasteiger partial charge in [0, 0.05) is 18.2 Å². The van der Waals surface area contributed by atoms with Gasteiger partial charge < -0.3 is 10.4 Å². The minimum absolute atomic E-state index is 0.0233. The zero-order chi connectivity index (χ0) is 12.0. The Morgan fingerprint density at radius 3 is 2.69 bits per heavy atom. The molecule has 0 heterocycles. The van der Waals surface area contributed by atoms with Crippen LogP contribution in [-0.2, 0) is 6.54 Å². The average Bonchev–Trinajstić information content (AvgIpc) is 2.31. The molecule has 2 N–H and O–H groups in total. The van der Waals surface area contributed by atoms with Crippen LogP contribution in [0.25, 0.3) is 0 Å². The number of hydrogen-bond acceptors (Lipinski definition) is 2. The Balaban J connectivity index is 2.56. The molecule has 0 saturated carbocycles. The second-order valence-corrected chi connectivity index (χ2v) is 3.71. The van der Waals surface area contributed by atoms with Crippen molar-refractivity contribution in [1.29, 1.82) is 0 Å². The van der Waals surface area contributed by atoms with Crippen molar-refractivity contribution in [2.24, 2.45) is 0 Å². The van der Waals surface area contributed by atoms with Crippen molar-refractivity contribution in [3.63, 3.8) is 0 Å². The Bertz CT molecular complexity index is 314. The molecular formula is C12H17F2NO. The fourth-order valence-corrected chi connectivity index (χ4v) is 1.44. The minimum Gasteiger partial charge on any atom is -0.395 e. The van der Waals surface area contributed by atoms with E-state index in [1.54, 1.807) is 12.1 Å². The van der Waals surface area contributed by atoms with E-state index in [2.05, 4.69) is 5.32 Å². The van der Waals surface area contributed by atoms with Gasteiger partial charge in [-0.25, -0.2) is 8.78 Å². The third kappa shape index (κ3) is 3.87. The molecule has 1 aromatic rings. The Kier molecular flexibility index (Phi) is 5.35. The summed E-state index contributed by atoms with van der Waals surface area (Å²) in [5.41, 5.74) is 0.848. The SMILES string of the molecule is CC[C@@H](CO)NCc1cccc(C(F)F)c1. The van der Waals surface area contributed by atoms with Crippen molar-refractivity contribution in [1.82, 2.24) is 5.32 Å². The van der Waals surface area contributed by atoms with Crippen molar-refractivity contribution in [3.8, 4) is 0 Å². The van der Waals surface area contributed by atoms with Crippen LogP contribution in [0.5, 0.6) is 0 Å². The summed E-state index contributed by atoms with van der Waals surface area (Å²) >= 11 is 0. The van der Waals surface area contributed by atoms with E-state index in [1.165, 1.54) is 12.1 Å². The lowest BCUT2D eigenvalue weighted by Crippen LogP contribution is -2.31. The number of alkyl halides is 2. The Hall–Kier alpha value is -1.00. The smallest absolute Gasteiger partial charge is 0.263 e. The van der Waals surface area contributed by atoms with Gasteiger partial charge in [-0.05, 0) is 18.1 Å². The standard InChI is InChI=1S/C12H17F2NO/c1-2-11(8-16)15-7-9-4-3-5-10(6-9)12(13)14/h3-6,11-12,15-16H,2,7-8H2,1H3/t11-/m0/s1. The molecule has 90 valence electrons. The molecule has 0 aliphatic heterocycles. The van der Waals surface area contributed by atoms with Gasteiger partial charge in [0.2, 0.25) is 0 Å². The number of aliphatic hydroxyl groups is 1. The first-order valence-corrected chi connectivity index (χ1v) is 5.38. The lowest BCUT2D eigenvalue weighted by Gasteiger charge is -2.14. The molecule has 0 radical (unpaired) electrons. The van der Waals surface area contributed by atoms with Gasteiger partial charge in [0.1, 0.15) is 0 Å². The van der Waals surface area contributed by atoms with Crippen LogP contribution in [0.2, 0.25) is 0 Å². The Morgan fingerprint density at radius 1 is 1.38 bits per heavy atom. The zero-order valence-corrected chi connectivity index (χ0v) is 9.29. The predicted molar refractivity (Wildman–Crippen MR) is 59.4 cm³/mol. The van der Waals surface area contributed by atoms with Gasteiger partial charge in [0.05, 0.1) is 6.61 Å². The summed E-state index contributed by atoms with van der Waals surface area (Å²) in [5.74, 6) is 0. The van der Waals surface area contributed by atoms with Crippen molar-refractivity contribution < 1.29 is 13.9 Å². The second-order valence-electron chi connectivity index (χ2n) is 3.71. The van der Waals surface area contributed by atoms with Gasteiger partial charge in [-0.2, -0.15) is 0 Å². The number of hydrogen-bond donors (Lipinski definition) is 2.